The molecular formula is C30H27F4N7O2S. The van der Waals surface area contributed by atoms with Crippen LogP contribution >= 0.6 is 11.3 Å². The van der Waals surface area contributed by atoms with Gasteiger partial charge in [-0.15, -0.1) is 5.11 Å². The summed E-state index contributed by atoms with van der Waals surface area (Å²) in [4.78, 5) is 34.8. The van der Waals surface area contributed by atoms with Gasteiger partial charge in [-0.3, -0.25) is 15.0 Å². The highest BCUT2D eigenvalue weighted by molar-refractivity contribution is 7.22. The van der Waals surface area contributed by atoms with Gasteiger partial charge < -0.3 is 5.73 Å². The molecule has 0 radical (unpaired) electrons. The molecule has 0 atom stereocenters. The minimum atomic E-state index is -4.80. The van der Waals surface area contributed by atoms with Gasteiger partial charge in [0.2, 0.25) is 5.96 Å². The van der Waals surface area contributed by atoms with E-state index in [0.29, 0.717) is 34.6 Å². The lowest BCUT2D eigenvalue weighted by Gasteiger charge is -2.25. The number of urea groups is 1. The van der Waals surface area contributed by atoms with Crippen molar-refractivity contribution in [2.24, 2.45) is 15.8 Å². The second-order valence-electron chi connectivity index (χ2n) is 10.3. The van der Waals surface area contributed by atoms with Gasteiger partial charge in [0.1, 0.15) is 5.82 Å². The van der Waals surface area contributed by atoms with Crippen LogP contribution in [0.2, 0.25) is 0 Å². The van der Waals surface area contributed by atoms with Crippen molar-refractivity contribution in [3.05, 3.63) is 88.7 Å². The van der Waals surface area contributed by atoms with E-state index >= 15 is 0 Å². The summed E-state index contributed by atoms with van der Waals surface area (Å²) in [6.45, 7) is 0.0316. The zero-order valence-corrected chi connectivity index (χ0v) is 24.0. The molecule has 4 N–H and O–H groups in total. The highest BCUT2D eigenvalue weighted by Crippen LogP contribution is 2.40. The fourth-order valence-electron chi connectivity index (χ4n) is 5.19. The van der Waals surface area contributed by atoms with Gasteiger partial charge in [0, 0.05) is 17.3 Å². The first-order valence-corrected chi connectivity index (χ1v) is 14.5. The third-order valence-corrected chi connectivity index (χ3v) is 8.39. The predicted molar refractivity (Wildman–Crippen MR) is 160 cm³/mol. The van der Waals surface area contributed by atoms with Gasteiger partial charge in [-0.05, 0) is 60.2 Å². The van der Waals surface area contributed by atoms with Crippen LogP contribution in [0.15, 0.2) is 70.8 Å². The van der Waals surface area contributed by atoms with Crippen LogP contribution in [0, 0.1) is 11.3 Å². The minimum Gasteiger partial charge on any atom is -0.366 e. The fraction of sp³-hybridized carbons (Fsp3) is 0.267. The van der Waals surface area contributed by atoms with E-state index in [4.69, 9.17) is 11.3 Å². The third kappa shape index (κ3) is 7.08. The summed E-state index contributed by atoms with van der Waals surface area (Å²) in [6, 6.07) is 14.4. The predicted octanol–water partition coefficient (Wildman–Crippen LogP) is 8.23. The Bertz CT molecular complexity index is 1710. The van der Waals surface area contributed by atoms with Crippen LogP contribution in [-0.2, 0) is 12.7 Å². The van der Waals surface area contributed by atoms with Gasteiger partial charge in [-0.2, -0.15) is 18.2 Å². The molecule has 1 aromatic heterocycles. The third-order valence-electron chi connectivity index (χ3n) is 7.37. The lowest BCUT2D eigenvalue weighted by atomic mass is 9.84. The highest BCUT2D eigenvalue weighted by atomic mass is 32.1. The monoisotopic (exact) mass is 625 g/mol. The molecule has 4 aromatic rings. The molecule has 3 aromatic carbocycles. The van der Waals surface area contributed by atoms with E-state index in [2.05, 4.69) is 20.4 Å². The van der Waals surface area contributed by atoms with E-state index < -0.39 is 35.5 Å². The molecular weight excluding hydrogens is 598 g/mol. The summed E-state index contributed by atoms with van der Waals surface area (Å²) in [5.41, 5.74) is 13.3. The van der Waals surface area contributed by atoms with Crippen molar-refractivity contribution < 1.29 is 27.2 Å². The van der Waals surface area contributed by atoms with Gasteiger partial charge >= 0.3 is 12.2 Å². The number of aromatic nitrogens is 1. The number of fused-ring (bicyclic) bond motifs is 1. The molecule has 14 heteroatoms. The van der Waals surface area contributed by atoms with Crippen LogP contribution in [0.5, 0.6) is 0 Å². The van der Waals surface area contributed by atoms with Gasteiger partial charge in [0.15, 0.2) is 5.13 Å². The second kappa shape index (κ2) is 12.9. The molecule has 1 fully saturated rings. The van der Waals surface area contributed by atoms with E-state index in [9.17, 15) is 27.2 Å². The number of nitrogens with one attached hydrogen (secondary N) is 2. The Morgan fingerprint density at radius 1 is 1.05 bits per heavy atom. The smallest absolute Gasteiger partial charge is 0.366 e. The quantitative estimate of drug-likeness (QED) is 0.0860. The Morgan fingerprint density at radius 2 is 1.73 bits per heavy atom. The molecule has 1 saturated carbocycles. The van der Waals surface area contributed by atoms with E-state index in [0.717, 1.165) is 31.7 Å². The standard InChI is InChI=1S/C30H27F4N7O2S/c31-21-14-23(30(32,33)34)25-24(15-21)37-28(44-25)39-29(43)41(22-12-10-19(11-13-22)18-4-2-1-3-5-18)16-17-6-8-20(9-7-17)26(42)38-27(35)40-36/h6-15,18,36H,1-5,16H2,(H2,35,38,42)(H,37,39,43). The van der Waals surface area contributed by atoms with Crippen LogP contribution in [0.1, 0.15) is 65.1 Å². The Balaban J connectivity index is 1.43. The largest absolute Gasteiger partial charge is 0.417 e. The van der Waals surface area contributed by atoms with Gasteiger partial charge in [0.05, 0.1) is 22.3 Å². The van der Waals surface area contributed by atoms with Crippen LogP contribution in [0.25, 0.3) is 10.2 Å². The van der Waals surface area contributed by atoms with E-state index in [1.165, 1.54) is 29.0 Å². The molecule has 228 valence electrons. The van der Waals surface area contributed by atoms with Crippen molar-refractivity contribution in [3.8, 4) is 0 Å². The van der Waals surface area contributed by atoms with Crippen LogP contribution < -0.4 is 16.0 Å². The van der Waals surface area contributed by atoms with Gasteiger partial charge in [0.25, 0.3) is 5.91 Å². The summed E-state index contributed by atoms with van der Waals surface area (Å²) >= 11 is 0.602. The molecule has 3 amide bonds. The molecule has 0 unspecified atom stereocenters. The Kier molecular flexibility index (Phi) is 8.99. The molecule has 0 bridgehead atoms. The number of guanidine groups is 1. The normalized spacial score (nSPS) is 14.4. The Morgan fingerprint density at radius 3 is 2.36 bits per heavy atom. The first kappa shape index (κ1) is 30.7. The van der Waals surface area contributed by atoms with Crippen LogP contribution in [0.4, 0.5) is 33.2 Å². The maximum Gasteiger partial charge on any atom is 0.417 e. The number of benzene rings is 3. The highest BCUT2D eigenvalue weighted by Gasteiger charge is 2.35. The number of amides is 3. The second-order valence-corrected chi connectivity index (χ2v) is 11.3. The average Bonchev–Trinajstić information content (AvgIpc) is 3.41. The van der Waals surface area contributed by atoms with Gasteiger partial charge in [-0.1, -0.05) is 54.9 Å². The Labute approximate surface area is 253 Å². The summed E-state index contributed by atoms with van der Waals surface area (Å²) < 4.78 is 54.3. The maximum absolute atomic E-state index is 13.9. The van der Waals surface area contributed by atoms with Crippen molar-refractivity contribution in [2.45, 2.75) is 50.7 Å². The van der Waals surface area contributed by atoms with Crippen molar-refractivity contribution in [1.82, 2.24) is 4.98 Å². The SMILES string of the molecule is N=NC(N)=NC(=O)c1ccc(CN(C(=O)Nc2nc3cc(F)cc(C(F)(F)F)c3s2)c2ccc(C3CCCCC3)cc2)cc1. The number of hydrogen-bond donors (Lipinski definition) is 3. The number of thiazole rings is 1. The van der Waals surface area contributed by atoms with Crippen molar-refractivity contribution in [3.63, 3.8) is 0 Å². The first-order valence-electron chi connectivity index (χ1n) is 13.7. The zero-order chi connectivity index (χ0) is 31.4. The lowest BCUT2D eigenvalue weighted by molar-refractivity contribution is -0.136. The number of carbonyl (C=O) groups excluding carboxylic acids is 2. The zero-order valence-electron chi connectivity index (χ0n) is 23.2. The molecule has 5 rings (SSSR count). The summed E-state index contributed by atoms with van der Waals surface area (Å²) in [6.07, 6.45) is 0.932. The minimum absolute atomic E-state index is 0.0316. The summed E-state index contributed by atoms with van der Waals surface area (Å²) in [7, 11) is 0. The molecule has 0 aliphatic heterocycles. The molecule has 44 heavy (non-hydrogen) atoms. The summed E-state index contributed by atoms with van der Waals surface area (Å²) in [5.74, 6) is -1.82. The number of nitrogens with two attached hydrogens (primary N) is 1. The molecule has 9 nitrogen and oxygen atoms in total. The fourth-order valence-corrected chi connectivity index (χ4v) is 6.16. The number of rotatable bonds is 6. The van der Waals surface area contributed by atoms with Gasteiger partial charge in [-0.25, -0.2) is 19.7 Å². The van der Waals surface area contributed by atoms with E-state index in [1.807, 2.05) is 24.3 Å². The number of halogens is 4. The van der Waals surface area contributed by atoms with Crippen LogP contribution in [0.3, 0.4) is 0 Å². The maximum atomic E-state index is 13.9. The van der Waals surface area contributed by atoms with Crippen molar-refractivity contribution in [1.29, 1.82) is 5.53 Å². The number of hydrogen-bond acceptors (Lipinski definition) is 5. The first-order chi connectivity index (χ1) is 21.0. The van der Waals surface area contributed by atoms with E-state index in [1.54, 1.807) is 12.1 Å². The van der Waals surface area contributed by atoms with Crippen molar-refractivity contribution in [2.75, 3.05) is 10.2 Å². The Hall–Kier alpha value is -4.72. The average molecular weight is 626 g/mol. The topological polar surface area (TPSA) is 137 Å². The number of carbonyl (C=O) groups is 2. The number of anilines is 2. The number of alkyl halides is 3. The molecule has 1 aliphatic rings. The van der Waals surface area contributed by atoms with Crippen LogP contribution in [-0.4, -0.2) is 22.9 Å². The molecule has 1 aliphatic carbocycles. The molecule has 1 heterocycles. The molecule has 0 saturated heterocycles. The summed E-state index contributed by atoms with van der Waals surface area (Å²) in [5, 5.41) is 5.35. The number of aliphatic imine (C=N–C) groups is 1. The lowest BCUT2D eigenvalue weighted by Crippen LogP contribution is -2.34. The number of nitrogens with zero attached hydrogens (tertiary/aromatic N) is 4. The molecule has 0 spiro atoms. The van der Waals surface area contributed by atoms with Crippen molar-refractivity contribution >= 4 is 50.3 Å². The van der Waals surface area contributed by atoms with E-state index in [-0.39, 0.29) is 27.5 Å².